The molecule has 8 heteroatoms. The first kappa shape index (κ1) is 19.5. The summed E-state index contributed by atoms with van der Waals surface area (Å²) in [5.41, 5.74) is 0.879. The number of nitrogens with zero attached hydrogens (tertiary/aromatic N) is 2. The number of nitrogens with one attached hydrogen (secondary N) is 1. The summed E-state index contributed by atoms with van der Waals surface area (Å²) in [7, 11) is 0. The Bertz CT molecular complexity index is 798. The lowest BCUT2D eigenvalue weighted by Crippen LogP contribution is -2.34. The minimum Gasteiger partial charge on any atom is -0.481 e. The molecule has 0 aliphatic carbocycles. The van der Waals surface area contributed by atoms with Gasteiger partial charge in [0.05, 0.1) is 5.52 Å². The predicted molar refractivity (Wildman–Crippen MR) is 103 cm³/mol. The molecule has 25 heavy (non-hydrogen) atoms. The van der Waals surface area contributed by atoms with Gasteiger partial charge in [-0.3, -0.25) is 14.5 Å². The van der Waals surface area contributed by atoms with Crippen LogP contribution < -0.4 is 4.90 Å². The van der Waals surface area contributed by atoms with Gasteiger partial charge in [-0.1, -0.05) is 31.6 Å². The minimum absolute atomic E-state index is 0.0232. The highest BCUT2D eigenvalue weighted by Crippen LogP contribution is 2.23. The average Bonchev–Trinajstić information content (AvgIpc) is 2.90. The van der Waals surface area contributed by atoms with Crippen LogP contribution in [0.5, 0.6) is 0 Å². The Morgan fingerprint density at radius 2 is 2.00 bits per heavy atom. The van der Waals surface area contributed by atoms with Gasteiger partial charge in [0.25, 0.3) is 0 Å². The van der Waals surface area contributed by atoms with Gasteiger partial charge in [-0.15, -0.1) is 0 Å². The van der Waals surface area contributed by atoms with E-state index < -0.39 is 5.97 Å². The van der Waals surface area contributed by atoms with Crippen LogP contribution in [0.4, 0.5) is 5.82 Å². The molecule has 0 saturated heterocycles. The first-order valence-corrected chi connectivity index (χ1v) is 9.61. The summed E-state index contributed by atoms with van der Waals surface area (Å²) in [4.78, 5) is 33.4. The van der Waals surface area contributed by atoms with Crippen LogP contribution in [0.2, 0.25) is 0 Å². The number of aromatic amines is 1. The molecule has 0 aromatic carbocycles. The topological polar surface area (TPSA) is 86.3 Å². The maximum atomic E-state index is 12.7. The number of hydrogen-bond donors (Lipinski definition) is 2. The molecule has 6 nitrogen and oxygen atoms in total. The normalized spacial score (nSPS) is 11.2. The molecule has 0 fully saturated rings. The van der Waals surface area contributed by atoms with E-state index in [-0.39, 0.29) is 12.3 Å². The number of H-pyrrole nitrogens is 1. The van der Waals surface area contributed by atoms with Gasteiger partial charge in [-0.05, 0) is 43.1 Å². The quantitative estimate of drug-likeness (QED) is 0.497. The van der Waals surface area contributed by atoms with E-state index in [0.29, 0.717) is 41.5 Å². The summed E-state index contributed by atoms with van der Waals surface area (Å²) in [5.74, 6) is 0.189. The van der Waals surface area contributed by atoms with Crippen molar-refractivity contribution in [1.82, 2.24) is 9.97 Å². The Morgan fingerprint density at radius 3 is 2.68 bits per heavy atom. The van der Waals surface area contributed by atoms with Crippen molar-refractivity contribution >= 4 is 51.6 Å². The molecule has 0 aliphatic heterocycles. The fraction of sp³-hybridized carbons (Fsp3) is 0.529. The number of pyridine rings is 1. The Labute approximate surface area is 155 Å². The van der Waals surface area contributed by atoms with Crippen LogP contribution >= 0.6 is 23.6 Å². The van der Waals surface area contributed by atoms with Crippen LogP contribution in [0.3, 0.4) is 0 Å². The van der Waals surface area contributed by atoms with Gasteiger partial charge >= 0.3 is 5.97 Å². The molecule has 0 aliphatic rings. The number of rotatable bonds is 9. The van der Waals surface area contributed by atoms with E-state index in [1.807, 2.05) is 12.1 Å². The molecule has 2 aromatic rings. The van der Waals surface area contributed by atoms with E-state index in [9.17, 15) is 9.59 Å². The van der Waals surface area contributed by atoms with Crippen molar-refractivity contribution in [3.05, 3.63) is 16.1 Å². The number of aliphatic carboxylic acids is 1. The van der Waals surface area contributed by atoms with Crippen molar-refractivity contribution in [3.63, 3.8) is 0 Å². The molecule has 2 aromatic heterocycles. The predicted octanol–water partition coefficient (Wildman–Crippen LogP) is 4.38. The van der Waals surface area contributed by atoms with Crippen LogP contribution in [0.15, 0.2) is 12.1 Å². The van der Waals surface area contributed by atoms with Crippen LogP contribution in [-0.2, 0) is 9.59 Å². The second-order valence-corrected chi connectivity index (χ2v) is 8.06. The molecular weight excluding hydrogens is 358 g/mol. The number of aromatic nitrogens is 2. The molecule has 136 valence electrons. The molecule has 0 unspecified atom stereocenters. The largest absolute Gasteiger partial charge is 0.481 e. The third-order valence-electron chi connectivity index (χ3n) is 3.68. The zero-order valence-corrected chi connectivity index (χ0v) is 16.1. The number of carboxylic acid groups (broad SMARTS) is 1. The number of anilines is 1. The van der Waals surface area contributed by atoms with E-state index in [4.69, 9.17) is 17.3 Å². The van der Waals surface area contributed by atoms with Crippen LogP contribution in [-0.4, -0.2) is 33.5 Å². The molecule has 0 radical (unpaired) electrons. The SMILES string of the molecule is CC(C)CN(C(=O)CCCCCC(=O)O)c1ccc2[nH]c(=S)sc2n1. The summed E-state index contributed by atoms with van der Waals surface area (Å²) in [6.07, 6.45) is 2.57. The molecule has 0 atom stereocenters. The third kappa shape index (κ3) is 5.89. The fourth-order valence-corrected chi connectivity index (χ4v) is 3.58. The van der Waals surface area contributed by atoms with Crippen LogP contribution in [0.1, 0.15) is 46.0 Å². The number of hydrogen-bond acceptors (Lipinski definition) is 5. The number of carbonyl (C=O) groups excluding carboxylic acids is 1. The third-order valence-corrected chi connectivity index (χ3v) is 4.82. The number of amides is 1. The standard InChI is InChI=1S/C17H23N3O3S2/c1-11(2)10-20(14(21)6-4-3-5-7-15(22)23)13-9-8-12-16(19-13)25-17(24)18-12/h8-9,11H,3-7,10H2,1-2H3,(H,18,24)(H,22,23). The molecule has 2 rings (SSSR count). The average molecular weight is 382 g/mol. The molecule has 1 amide bonds. The molecular formula is C17H23N3O3S2. The van der Waals surface area contributed by atoms with Gasteiger partial charge in [0.2, 0.25) is 5.91 Å². The Kier molecular flexibility index (Phi) is 7.07. The number of fused-ring (bicyclic) bond motifs is 1. The minimum atomic E-state index is -0.792. The van der Waals surface area contributed by atoms with E-state index in [1.54, 1.807) is 4.90 Å². The van der Waals surface area contributed by atoms with Gasteiger partial charge in [0.15, 0.2) is 3.95 Å². The summed E-state index contributed by atoms with van der Waals surface area (Å²) < 4.78 is 0.666. The number of thiazole rings is 1. The Morgan fingerprint density at radius 1 is 1.28 bits per heavy atom. The highest BCUT2D eigenvalue weighted by atomic mass is 32.1. The van der Waals surface area contributed by atoms with Crippen molar-refractivity contribution < 1.29 is 14.7 Å². The summed E-state index contributed by atoms with van der Waals surface area (Å²) >= 11 is 6.54. The van der Waals surface area contributed by atoms with Crippen molar-refractivity contribution in [2.75, 3.05) is 11.4 Å². The second kappa shape index (κ2) is 9.05. The van der Waals surface area contributed by atoms with E-state index in [1.165, 1.54) is 11.3 Å². The Hall–Kier alpha value is -1.80. The maximum absolute atomic E-state index is 12.7. The van der Waals surface area contributed by atoms with E-state index >= 15 is 0 Å². The van der Waals surface area contributed by atoms with Crippen molar-refractivity contribution in [1.29, 1.82) is 0 Å². The highest BCUT2D eigenvalue weighted by Gasteiger charge is 2.18. The van der Waals surface area contributed by atoms with Crippen molar-refractivity contribution in [2.45, 2.75) is 46.0 Å². The summed E-state index contributed by atoms with van der Waals surface area (Å²) in [6, 6.07) is 3.74. The highest BCUT2D eigenvalue weighted by molar-refractivity contribution is 7.73. The lowest BCUT2D eigenvalue weighted by atomic mass is 10.1. The molecule has 2 heterocycles. The van der Waals surface area contributed by atoms with Gasteiger partial charge in [0, 0.05) is 19.4 Å². The van der Waals surface area contributed by atoms with Crippen molar-refractivity contribution in [2.24, 2.45) is 5.92 Å². The van der Waals surface area contributed by atoms with Crippen LogP contribution in [0, 0.1) is 9.87 Å². The number of unbranched alkanes of at least 4 members (excludes halogenated alkanes) is 2. The molecule has 2 N–H and O–H groups in total. The zero-order chi connectivity index (χ0) is 18.4. The summed E-state index contributed by atoms with van der Waals surface area (Å²) in [5, 5.41) is 8.65. The number of carbonyl (C=O) groups is 2. The Balaban J connectivity index is 2.06. The van der Waals surface area contributed by atoms with Crippen molar-refractivity contribution in [3.8, 4) is 0 Å². The summed E-state index contributed by atoms with van der Waals surface area (Å²) in [6.45, 7) is 4.72. The smallest absolute Gasteiger partial charge is 0.303 e. The molecule has 0 bridgehead atoms. The van der Waals surface area contributed by atoms with Gasteiger partial charge in [0.1, 0.15) is 10.6 Å². The van der Waals surface area contributed by atoms with E-state index in [0.717, 1.165) is 16.8 Å². The lowest BCUT2D eigenvalue weighted by Gasteiger charge is -2.23. The van der Waals surface area contributed by atoms with E-state index in [2.05, 4.69) is 23.8 Å². The zero-order valence-electron chi connectivity index (χ0n) is 14.4. The lowest BCUT2D eigenvalue weighted by molar-refractivity contribution is -0.137. The van der Waals surface area contributed by atoms with Crippen LogP contribution in [0.25, 0.3) is 10.3 Å². The first-order chi connectivity index (χ1) is 11.9. The molecule has 0 spiro atoms. The van der Waals surface area contributed by atoms with Gasteiger partial charge < -0.3 is 10.1 Å². The monoisotopic (exact) mass is 381 g/mol. The maximum Gasteiger partial charge on any atom is 0.303 e. The fourth-order valence-electron chi connectivity index (χ4n) is 2.53. The number of carboxylic acids is 1. The van der Waals surface area contributed by atoms with Gasteiger partial charge in [-0.2, -0.15) is 0 Å². The van der Waals surface area contributed by atoms with Gasteiger partial charge in [-0.25, -0.2) is 4.98 Å². The first-order valence-electron chi connectivity index (χ1n) is 8.39. The second-order valence-electron chi connectivity index (χ2n) is 6.39. The molecule has 0 saturated carbocycles.